The molecule has 37 valence electrons. The molecule has 0 saturated heterocycles. The molecule has 0 rings (SSSR count). The van der Waals surface area contributed by atoms with Crippen LogP contribution in [0.1, 0.15) is 0 Å². The second-order valence-corrected chi connectivity index (χ2v) is 0.552. The molecule has 4 heteroatoms. The third kappa shape index (κ3) is 8.94. The van der Waals surface area contributed by atoms with Crippen LogP contribution in [0, 0.1) is 0 Å². The zero-order chi connectivity index (χ0) is 4.28. The van der Waals surface area contributed by atoms with E-state index >= 15 is 0 Å². The largest absolute Gasteiger partial charge is 0.480 e. The minimum absolute atomic E-state index is 0. The maximum Gasteiger partial charge on any atom is 0.329 e. The van der Waals surface area contributed by atoms with Gasteiger partial charge in [-0.3, -0.25) is 0 Å². The van der Waals surface area contributed by atoms with Gasteiger partial charge in [0.25, 0.3) is 0 Å². The van der Waals surface area contributed by atoms with Gasteiger partial charge in [0.2, 0.25) is 0 Å². The average molecular weight is 262 g/mol. The van der Waals surface area contributed by atoms with Gasteiger partial charge in [-0.15, -0.1) is 0 Å². The van der Waals surface area contributed by atoms with Crippen molar-refractivity contribution < 1.29 is 35.4 Å². The van der Waals surface area contributed by atoms with E-state index in [1.54, 1.807) is 0 Å². The number of carboxylic acid groups (broad SMARTS) is 1. The van der Waals surface area contributed by atoms with Crippen molar-refractivity contribution in [3.8, 4) is 0 Å². The van der Waals surface area contributed by atoms with Crippen molar-refractivity contribution in [1.82, 2.24) is 0 Å². The first-order valence-corrected chi connectivity index (χ1v) is 1.10. The standard InChI is InChI=1S/C2H4O3.Re/c3-1-2(4)5;/h3H,1H2,(H,4,5);. The molecule has 0 saturated carbocycles. The number of hydrogen-bond donors (Lipinski definition) is 2. The Morgan fingerprint density at radius 2 is 1.83 bits per heavy atom. The summed E-state index contributed by atoms with van der Waals surface area (Å²) >= 11 is 0. The van der Waals surface area contributed by atoms with Crippen LogP contribution in [-0.4, -0.2) is 22.8 Å². The summed E-state index contributed by atoms with van der Waals surface area (Å²) in [5, 5.41) is 15.0. The van der Waals surface area contributed by atoms with Crippen molar-refractivity contribution in [3.05, 3.63) is 0 Å². The summed E-state index contributed by atoms with van der Waals surface area (Å²) in [5.74, 6) is -1.19. The maximum atomic E-state index is 9.12. The van der Waals surface area contributed by atoms with E-state index in [9.17, 15) is 0 Å². The molecule has 6 heavy (non-hydrogen) atoms. The van der Waals surface area contributed by atoms with Gasteiger partial charge in [-0.25, -0.2) is 4.79 Å². The summed E-state index contributed by atoms with van der Waals surface area (Å²) in [6.07, 6.45) is 0. The van der Waals surface area contributed by atoms with Crippen LogP contribution in [0.4, 0.5) is 0 Å². The van der Waals surface area contributed by atoms with Crippen LogP contribution in [0.15, 0.2) is 0 Å². The zero-order valence-corrected chi connectivity index (χ0v) is 5.60. The molecular formula is C2H4O3Re. The van der Waals surface area contributed by atoms with Gasteiger partial charge in [-0.1, -0.05) is 0 Å². The molecule has 0 amide bonds. The topological polar surface area (TPSA) is 57.5 Å². The monoisotopic (exact) mass is 263 g/mol. The van der Waals surface area contributed by atoms with E-state index in [-0.39, 0.29) is 20.4 Å². The minimum Gasteiger partial charge on any atom is -0.480 e. The number of hydrogen-bond acceptors (Lipinski definition) is 2. The van der Waals surface area contributed by atoms with E-state index in [1.165, 1.54) is 0 Å². The van der Waals surface area contributed by atoms with Crippen molar-refractivity contribution >= 4 is 5.97 Å². The summed E-state index contributed by atoms with van der Waals surface area (Å²) in [4.78, 5) is 9.12. The molecule has 0 aliphatic heterocycles. The Kier molecular flexibility index (Phi) is 8.01. The second-order valence-electron chi connectivity index (χ2n) is 0.552. The predicted octanol–water partition coefficient (Wildman–Crippen LogP) is -0.939. The van der Waals surface area contributed by atoms with Gasteiger partial charge in [-0.2, -0.15) is 0 Å². The van der Waals surface area contributed by atoms with Crippen LogP contribution in [0.25, 0.3) is 0 Å². The number of rotatable bonds is 1. The van der Waals surface area contributed by atoms with Crippen molar-refractivity contribution in [2.75, 3.05) is 6.61 Å². The third-order valence-corrected chi connectivity index (χ3v) is 0.135. The quantitative estimate of drug-likeness (QED) is 0.641. The summed E-state index contributed by atoms with van der Waals surface area (Å²) in [7, 11) is 0. The molecule has 0 heterocycles. The van der Waals surface area contributed by atoms with Crippen LogP contribution in [0.3, 0.4) is 0 Å². The number of aliphatic hydroxyl groups is 1. The Bertz CT molecular complexity index is 44.1. The van der Waals surface area contributed by atoms with Crippen LogP contribution < -0.4 is 0 Å². The summed E-state index contributed by atoms with van der Waals surface area (Å²) < 4.78 is 0. The molecular weight excluding hydrogens is 258 g/mol. The van der Waals surface area contributed by atoms with E-state index in [2.05, 4.69) is 0 Å². The summed E-state index contributed by atoms with van der Waals surface area (Å²) in [5.41, 5.74) is 0. The SMILES string of the molecule is O=C(O)CO.[Re]. The second kappa shape index (κ2) is 5.09. The van der Waals surface area contributed by atoms with Gasteiger partial charge in [0.15, 0.2) is 0 Å². The van der Waals surface area contributed by atoms with Gasteiger partial charge in [-0.05, 0) is 0 Å². The fourth-order valence-electron chi connectivity index (χ4n) is 0. The molecule has 0 aromatic rings. The zero-order valence-electron chi connectivity index (χ0n) is 2.89. The first-order valence-electron chi connectivity index (χ1n) is 1.10. The fraction of sp³-hybridized carbons (Fsp3) is 0.500. The molecule has 0 bridgehead atoms. The number of carbonyl (C=O) groups is 1. The molecule has 2 N–H and O–H groups in total. The molecule has 0 aromatic carbocycles. The van der Waals surface area contributed by atoms with Gasteiger partial charge in [0, 0.05) is 20.4 Å². The maximum absolute atomic E-state index is 9.12. The van der Waals surface area contributed by atoms with Gasteiger partial charge < -0.3 is 10.2 Å². The molecule has 0 spiro atoms. The smallest absolute Gasteiger partial charge is 0.329 e. The molecule has 0 fully saturated rings. The van der Waals surface area contributed by atoms with E-state index < -0.39 is 12.6 Å². The summed E-state index contributed by atoms with van der Waals surface area (Å²) in [6, 6.07) is 0. The Morgan fingerprint density at radius 1 is 1.67 bits per heavy atom. The van der Waals surface area contributed by atoms with Crippen LogP contribution in [0.5, 0.6) is 0 Å². The molecule has 0 aromatic heterocycles. The Hall–Kier alpha value is 0.0923. The number of aliphatic carboxylic acids is 1. The minimum atomic E-state index is -1.19. The van der Waals surface area contributed by atoms with Crippen LogP contribution >= 0.6 is 0 Å². The first kappa shape index (κ1) is 9.43. The van der Waals surface area contributed by atoms with Crippen LogP contribution in [0.2, 0.25) is 0 Å². The molecule has 1 radical (unpaired) electrons. The number of aliphatic hydroxyl groups excluding tert-OH is 1. The van der Waals surface area contributed by atoms with E-state index in [0.29, 0.717) is 0 Å². The van der Waals surface area contributed by atoms with Crippen molar-refractivity contribution in [1.29, 1.82) is 0 Å². The Morgan fingerprint density at radius 3 is 1.83 bits per heavy atom. The molecule has 0 aliphatic rings. The van der Waals surface area contributed by atoms with Crippen molar-refractivity contribution in [2.24, 2.45) is 0 Å². The molecule has 0 aliphatic carbocycles. The van der Waals surface area contributed by atoms with E-state index in [1.807, 2.05) is 0 Å². The van der Waals surface area contributed by atoms with Crippen molar-refractivity contribution in [3.63, 3.8) is 0 Å². The normalized spacial score (nSPS) is 6.17. The van der Waals surface area contributed by atoms with Gasteiger partial charge in [0.05, 0.1) is 0 Å². The fourth-order valence-corrected chi connectivity index (χ4v) is 0. The Balaban J connectivity index is 0. The number of carboxylic acids is 1. The van der Waals surface area contributed by atoms with E-state index in [4.69, 9.17) is 15.0 Å². The average Bonchev–Trinajstić information content (AvgIpc) is 1.38. The molecule has 3 nitrogen and oxygen atoms in total. The first-order chi connectivity index (χ1) is 2.27. The summed E-state index contributed by atoms with van der Waals surface area (Å²) in [6.45, 7) is -0.778. The third-order valence-electron chi connectivity index (χ3n) is 0.135. The van der Waals surface area contributed by atoms with Gasteiger partial charge >= 0.3 is 5.97 Å². The van der Waals surface area contributed by atoms with E-state index in [0.717, 1.165) is 0 Å². The Labute approximate surface area is 48.6 Å². The molecule has 0 atom stereocenters. The van der Waals surface area contributed by atoms with Gasteiger partial charge in [0.1, 0.15) is 6.61 Å². The molecule has 0 unspecified atom stereocenters. The predicted molar refractivity (Wildman–Crippen MR) is 14.7 cm³/mol. The van der Waals surface area contributed by atoms with Crippen LogP contribution in [-0.2, 0) is 25.2 Å². The van der Waals surface area contributed by atoms with Crippen molar-refractivity contribution in [2.45, 2.75) is 0 Å².